The normalized spacial score (nSPS) is 11.3. The molecule has 0 unspecified atom stereocenters. The molecule has 0 aromatic heterocycles. The van der Waals surface area contributed by atoms with Gasteiger partial charge in [0.05, 0.1) is 6.61 Å². The lowest BCUT2D eigenvalue weighted by molar-refractivity contribution is -0.137. The van der Waals surface area contributed by atoms with E-state index in [-0.39, 0.29) is 17.9 Å². The van der Waals surface area contributed by atoms with Crippen molar-refractivity contribution in [3.63, 3.8) is 0 Å². The topological polar surface area (TPSA) is 70.3 Å². The van der Waals surface area contributed by atoms with Gasteiger partial charge in [-0.2, -0.15) is 5.26 Å². The number of aromatic hydroxyl groups is 1. The summed E-state index contributed by atoms with van der Waals surface area (Å²) in [5.41, 5.74) is 1.83. The van der Waals surface area contributed by atoms with Crippen molar-refractivity contribution in [1.82, 2.24) is 0 Å². The minimum atomic E-state index is -0.656. The minimum absolute atomic E-state index is 0.0567. The van der Waals surface area contributed by atoms with E-state index in [0.717, 1.165) is 5.56 Å². The Morgan fingerprint density at radius 3 is 2.23 bits per heavy atom. The summed E-state index contributed by atoms with van der Waals surface area (Å²) in [6, 6.07) is 17.4. The van der Waals surface area contributed by atoms with E-state index >= 15 is 0 Å². The highest BCUT2D eigenvalue weighted by molar-refractivity contribution is 6.05. The Kier molecular flexibility index (Phi) is 4.94. The molecule has 2 rings (SSSR count). The van der Waals surface area contributed by atoms with Crippen LogP contribution in [-0.4, -0.2) is 17.7 Å². The number of nitrogens with zero attached hydrogens (tertiary/aromatic N) is 1. The monoisotopic (exact) mass is 293 g/mol. The summed E-state index contributed by atoms with van der Waals surface area (Å²) in [6.45, 7) is 1.89. The quantitative estimate of drug-likeness (QED) is 0.533. The zero-order valence-electron chi connectivity index (χ0n) is 12.1. The molecule has 0 atom stereocenters. The Morgan fingerprint density at radius 1 is 1.09 bits per heavy atom. The number of carbonyl (C=O) groups excluding carboxylic acids is 1. The predicted octanol–water partition coefficient (Wildman–Crippen LogP) is 3.28. The number of hydrogen-bond donors (Lipinski definition) is 1. The molecule has 0 heterocycles. The van der Waals surface area contributed by atoms with Crippen LogP contribution in [0, 0.1) is 11.3 Å². The number of esters is 1. The Morgan fingerprint density at radius 2 is 1.68 bits per heavy atom. The molecular formula is C18H15NO3. The van der Waals surface area contributed by atoms with Crippen LogP contribution >= 0.6 is 0 Å². The van der Waals surface area contributed by atoms with E-state index in [4.69, 9.17) is 4.74 Å². The summed E-state index contributed by atoms with van der Waals surface area (Å²) in [5, 5.41) is 18.8. The maximum Gasteiger partial charge on any atom is 0.349 e. The number of hydrogen-bond acceptors (Lipinski definition) is 4. The van der Waals surface area contributed by atoms with Gasteiger partial charge in [0.25, 0.3) is 0 Å². The third-order valence-corrected chi connectivity index (χ3v) is 3.06. The maximum absolute atomic E-state index is 12.1. The molecule has 22 heavy (non-hydrogen) atoms. The average Bonchev–Trinajstić information content (AvgIpc) is 2.54. The molecule has 0 aliphatic heterocycles. The number of rotatable bonds is 4. The smallest absolute Gasteiger partial charge is 0.349 e. The number of phenolic OH excluding ortho intramolecular Hbond substituents is 1. The van der Waals surface area contributed by atoms with Gasteiger partial charge < -0.3 is 9.84 Å². The molecule has 0 saturated carbocycles. The van der Waals surface area contributed by atoms with Crippen LogP contribution in [0.3, 0.4) is 0 Å². The molecule has 2 aromatic carbocycles. The number of nitriles is 1. The molecule has 2 aromatic rings. The predicted molar refractivity (Wildman–Crippen MR) is 82.8 cm³/mol. The zero-order valence-corrected chi connectivity index (χ0v) is 12.1. The van der Waals surface area contributed by atoms with E-state index in [1.807, 2.05) is 36.4 Å². The molecule has 110 valence electrons. The molecular weight excluding hydrogens is 278 g/mol. The van der Waals surface area contributed by atoms with Crippen LogP contribution in [0.2, 0.25) is 0 Å². The highest BCUT2D eigenvalue weighted by atomic mass is 16.5. The van der Waals surface area contributed by atoms with Crippen molar-refractivity contribution in [2.45, 2.75) is 6.92 Å². The number of ether oxygens (including phenoxy) is 1. The van der Waals surface area contributed by atoms with E-state index < -0.39 is 5.97 Å². The van der Waals surface area contributed by atoms with Gasteiger partial charge in [-0.3, -0.25) is 0 Å². The fraction of sp³-hybridized carbons (Fsp3) is 0.111. The van der Waals surface area contributed by atoms with Gasteiger partial charge in [-0.1, -0.05) is 42.5 Å². The van der Waals surface area contributed by atoms with Crippen molar-refractivity contribution in [2.24, 2.45) is 0 Å². The molecule has 0 radical (unpaired) electrons. The third-order valence-electron chi connectivity index (χ3n) is 3.06. The summed E-state index contributed by atoms with van der Waals surface area (Å²) in [5.74, 6) is -0.539. The summed E-state index contributed by atoms with van der Waals surface area (Å²) < 4.78 is 4.97. The Hall–Kier alpha value is -3.06. The van der Waals surface area contributed by atoms with Gasteiger partial charge in [0.15, 0.2) is 0 Å². The summed E-state index contributed by atoms with van der Waals surface area (Å²) in [4.78, 5) is 12.1. The van der Waals surface area contributed by atoms with Crippen LogP contribution in [0.5, 0.6) is 5.75 Å². The third kappa shape index (κ3) is 3.33. The van der Waals surface area contributed by atoms with Crippen LogP contribution in [-0.2, 0) is 9.53 Å². The minimum Gasteiger partial charge on any atom is -0.508 e. The second-order valence-corrected chi connectivity index (χ2v) is 4.50. The second-order valence-electron chi connectivity index (χ2n) is 4.50. The first-order valence-electron chi connectivity index (χ1n) is 6.83. The van der Waals surface area contributed by atoms with Gasteiger partial charge in [0, 0.05) is 5.57 Å². The van der Waals surface area contributed by atoms with Crippen molar-refractivity contribution in [2.75, 3.05) is 6.61 Å². The molecule has 0 fully saturated rings. The standard InChI is InChI=1S/C18H15NO3/c1-2-22-18(21)16(12-19)17(13-6-4-3-5-7-13)14-8-10-15(20)11-9-14/h3-11,20H,2H2,1H3/b17-16+. The van der Waals surface area contributed by atoms with Crippen LogP contribution in [0.25, 0.3) is 5.57 Å². The van der Waals surface area contributed by atoms with E-state index in [0.29, 0.717) is 11.1 Å². The largest absolute Gasteiger partial charge is 0.508 e. The molecule has 1 N–H and O–H groups in total. The van der Waals surface area contributed by atoms with Gasteiger partial charge >= 0.3 is 5.97 Å². The van der Waals surface area contributed by atoms with Crippen molar-refractivity contribution >= 4 is 11.5 Å². The highest BCUT2D eigenvalue weighted by Gasteiger charge is 2.19. The van der Waals surface area contributed by atoms with Crippen LogP contribution in [0.15, 0.2) is 60.2 Å². The number of carbonyl (C=O) groups is 1. The van der Waals surface area contributed by atoms with E-state index in [9.17, 15) is 15.2 Å². The van der Waals surface area contributed by atoms with Crippen LogP contribution in [0.4, 0.5) is 0 Å². The van der Waals surface area contributed by atoms with Crippen molar-refractivity contribution in [3.05, 3.63) is 71.3 Å². The van der Waals surface area contributed by atoms with Crippen LogP contribution in [0.1, 0.15) is 18.1 Å². The molecule has 4 heteroatoms. The maximum atomic E-state index is 12.1. The van der Waals surface area contributed by atoms with Crippen molar-refractivity contribution in [1.29, 1.82) is 5.26 Å². The Balaban J connectivity index is 2.67. The fourth-order valence-electron chi connectivity index (χ4n) is 2.10. The summed E-state index contributed by atoms with van der Waals surface area (Å²) >= 11 is 0. The first-order valence-corrected chi connectivity index (χ1v) is 6.83. The number of phenols is 1. The molecule has 0 aliphatic rings. The van der Waals surface area contributed by atoms with Gasteiger partial charge in [-0.25, -0.2) is 4.79 Å². The van der Waals surface area contributed by atoms with E-state index in [1.165, 1.54) is 12.1 Å². The van der Waals surface area contributed by atoms with Crippen LogP contribution < -0.4 is 0 Å². The van der Waals surface area contributed by atoms with E-state index in [2.05, 4.69) is 0 Å². The zero-order chi connectivity index (χ0) is 15.9. The average molecular weight is 293 g/mol. The first-order chi connectivity index (χ1) is 10.7. The Bertz CT molecular complexity index is 725. The van der Waals surface area contributed by atoms with Crippen molar-refractivity contribution < 1.29 is 14.6 Å². The van der Waals surface area contributed by atoms with Crippen molar-refractivity contribution in [3.8, 4) is 11.8 Å². The lowest BCUT2D eigenvalue weighted by atomic mass is 9.93. The second kappa shape index (κ2) is 7.09. The Labute approximate surface area is 128 Å². The van der Waals surface area contributed by atoms with Gasteiger partial charge in [-0.05, 0) is 30.2 Å². The fourth-order valence-corrected chi connectivity index (χ4v) is 2.10. The molecule has 0 saturated heterocycles. The van der Waals surface area contributed by atoms with Gasteiger partial charge in [-0.15, -0.1) is 0 Å². The molecule has 0 spiro atoms. The highest BCUT2D eigenvalue weighted by Crippen LogP contribution is 2.28. The lowest BCUT2D eigenvalue weighted by Crippen LogP contribution is -2.09. The SMILES string of the molecule is CCOC(=O)/C(C#N)=C(\c1ccccc1)c1ccc(O)cc1. The molecule has 0 aliphatic carbocycles. The van der Waals surface area contributed by atoms with E-state index in [1.54, 1.807) is 19.1 Å². The molecule has 0 amide bonds. The number of benzene rings is 2. The molecule has 0 bridgehead atoms. The molecule has 4 nitrogen and oxygen atoms in total. The summed E-state index contributed by atoms with van der Waals surface area (Å²) in [7, 11) is 0. The lowest BCUT2D eigenvalue weighted by Gasteiger charge is -2.11. The van der Waals surface area contributed by atoms with Gasteiger partial charge in [0.2, 0.25) is 0 Å². The summed E-state index contributed by atoms with van der Waals surface area (Å²) in [6.07, 6.45) is 0. The first kappa shape index (κ1) is 15.3. The van der Waals surface area contributed by atoms with Gasteiger partial charge in [0.1, 0.15) is 17.4 Å².